The molecule has 228 valence electrons. The summed E-state index contributed by atoms with van der Waals surface area (Å²) in [5.74, 6) is -0.621. The molecule has 3 heterocycles. The first-order valence-corrected chi connectivity index (χ1v) is 14.6. The third-order valence-corrected chi connectivity index (χ3v) is 8.02. The molecule has 0 bridgehead atoms. The number of ether oxygens (including phenoxy) is 2. The number of nitrogens with zero attached hydrogens (tertiary/aromatic N) is 3. The van der Waals surface area contributed by atoms with E-state index in [0.717, 1.165) is 29.3 Å². The van der Waals surface area contributed by atoms with Crippen molar-refractivity contribution < 1.29 is 37.4 Å². The van der Waals surface area contributed by atoms with Gasteiger partial charge in [0.2, 0.25) is 0 Å². The summed E-state index contributed by atoms with van der Waals surface area (Å²) < 4.78 is 53.9. The number of aliphatic hydroxyl groups is 1. The number of carbonyl (C=O) groups is 1. The third kappa shape index (κ3) is 7.05. The van der Waals surface area contributed by atoms with E-state index >= 15 is 4.39 Å². The second-order valence-corrected chi connectivity index (χ2v) is 12.0. The molecule has 0 aliphatic carbocycles. The first-order valence-electron chi connectivity index (χ1n) is 13.0. The zero-order chi connectivity index (χ0) is 30.8. The highest BCUT2D eigenvalue weighted by Gasteiger charge is 2.56. The van der Waals surface area contributed by atoms with Crippen LogP contribution in [0.25, 0.3) is 11.3 Å². The van der Waals surface area contributed by atoms with E-state index in [-0.39, 0.29) is 5.75 Å². The van der Waals surface area contributed by atoms with Crippen molar-refractivity contribution in [3.8, 4) is 17.0 Å². The fourth-order valence-corrected chi connectivity index (χ4v) is 5.74. The molecule has 1 fully saturated rings. The van der Waals surface area contributed by atoms with E-state index in [4.69, 9.17) is 18.5 Å². The van der Waals surface area contributed by atoms with Gasteiger partial charge in [-0.15, -0.1) is 0 Å². The molecule has 1 aromatic carbocycles. The number of aromatic amines is 1. The maximum absolute atomic E-state index is 15.6. The van der Waals surface area contributed by atoms with Gasteiger partial charge in [0.15, 0.2) is 11.9 Å². The number of halogens is 1. The van der Waals surface area contributed by atoms with E-state index in [2.05, 4.69) is 10.2 Å². The van der Waals surface area contributed by atoms with Crippen LogP contribution < -0.4 is 20.9 Å². The Balaban J connectivity index is 1.54. The average Bonchev–Trinajstić information content (AvgIpc) is 3.43. The van der Waals surface area contributed by atoms with Crippen molar-refractivity contribution in [2.75, 3.05) is 6.61 Å². The van der Waals surface area contributed by atoms with Crippen LogP contribution in [0.15, 0.2) is 58.4 Å². The van der Waals surface area contributed by atoms with Crippen LogP contribution in [0.3, 0.4) is 0 Å². The number of carbonyl (C=O) groups excluding carboxylic acids is 1. The second kappa shape index (κ2) is 12.3. The minimum atomic E-state index is -4.41. The number of hydrogen-bond acceptors (Lipinski definition) is 10. The Morgan fingerprint density at radius 3 is 2.50 bits per heavy atom. The van der Waals surface area contributed by atoms with Crippen LogP contribution in [-0.4, -0.2) is 67.0 Å². The van der Waals surface area contributed by atoms with Crippen LogP contribution in [-0.2, 0) is 30.4 Å². The minimum Gasteiger partial charge on any atom is -0.462 e. The fraction of sp³-hybridized carbons (Fsp3) is 0.462. The quantitative estimate of drug-likeness (QED) is 0.214. The Labute approximate surface area is 240 Å². The highest BCUT2D eigenvalue weighted by Crippen LogP contribution is 2.47. The Kier molecular flexibility index (Phi) is 9.18. The second-order valence-electron chi connectivity index (χ2n) is 10.3. The average molecular weight is 610 g/mol. The van der Waals surface area contributed by atoms with E-state index in [1.807, 2.05) is 11.1 Å². The van der Waals surface area contributed by atoms with Crippen LogP contribution in [0.2, 0.25) is 0 Å². The Morgan fingerprint density at radius 1 is 1.21 bits per heavy atom. The van der Waals surface area contributed by atoms with E-state index in [1.165, 1.54) is 19.1 Å². The number of esters is 1. The Bertz CT molecular complexity index is 1570. The molecule has 0 radical (unpaired) electrons. The molecule has 16 heteroatoms. The lowest BCUT2D eigenvalue weighted by molar-refractivity contribution is -0.149. The van der Waals surface area contributed by atoms with Crippen molar-refractivity contribution in [1.29, 1.82) is 0 Å². The van der Waals surface area contributed by atoms with Crippen LogP contribution in [0.5, 0.6) is 5.75 Å². The predicted molar refractivity (Wildman–Crippen MR) is 147 cm³/mol. The van der Waals surface area contributed by atoms with Gasteiger partial charge in [-0.05, 0) is 58.0 Å². The van der Waals surface area contributed by atoms with E-state index in [0.29, 0.717) is 5.69 Å². The molecule has 0 amide bonds. The monoisotopic (exact) mass is 609 g/mol. The number of alkyl halides is 1. The Hall–Kier alpha value is -3.62. The Morgan fingerprint density at radius 2 is 1.90 bits per heavy atom. The van der Waals surface area contributed by atoms with Crippen LogP contribution >= 0.6 is 7.75 Å². The number of nitrogens with one attached hydrogen (secondary N) is 2. The molecule has 42 heavy (non-hydrogen) atoms. The summed E-state index contributed by atoms with van der Waals surface area (Å²) in [6, 6.07) is 8.08. The fourth-order valence-electron chi connectivity index (χ4n) is 4.24. The highest BCUT2D eigenvalue weighted by molar-refractivity contribution is 7.52. The maximum Gasteiger partial charge on any atom is 0.459 e. The summed E-state index contributed by atoms with van der Waals surface area (Å²) >= 11 is 0. The molecular weight excluding hydrogens is 576 g/mol. The van der Waals surface area contributed by atoms with Gasteiger partial charge in [0.25, 0.3) is 5.56 Å². The van der Waals surface area contributed by atoms with Gasteiger partial charge in [0.05, 0.1) is 18.4 Å². The standard InChI is InChI=1S/C26H33FN5O9P/c1-15(2)39-23(35)16(3)30-42(37,41-18-8-6-17(7-9-18)19-10-12-31(5)29-19)38-14-20-22(34)26(4,27)24(40-20)32-13-11-21(33)28-25(32)36/h6-13,15-16,20,22,24,34H,14H2,1-5H3,(H,30,37)(H,28,33,36)/t16-,20+,22+,24+,26+,42?/m0/s1. The van der Waals surface area contributed by atoms with Gasteiger partial charge in [-0.25, -0.2) is 13.8 Å². The lowest BCUT2D eigenvalue weighted by Gasteiger charge is -2.25. The maximum atomic E-state index is 15.6. The molecular formula is C26H33FN5O9P. The van der Waals surface area contributed by atoms with Crippen molar-refractivity contribution >= 4 is 13.7 Å². The molecule has 4 rings (SSSR count). The van der Waals surface area contributed by atoms with Gasteiger partial charge in [-0.2, -0.15) is 10.2 Å². The zero-order valence-corrected chi connectivity index (χ0v) is 24.5. The van der Waals surface area contributed by atoms with Gasteiger partial charge in [0.1, 0.15) is 24.0 Å². The van der Waals surface area contributed by atoms with Crippen molar-refractivity contribution in [3.05, 3.63) is 69.6 Å². The van der Waals surface area contributed by atoms with Gasteiger partial charge in [-0.1, -0.05) is 0 Å². The minimum absolute atomic E-state index is 0.107. The number of hydrogen-bond donors (Lipinski definition) is 3. The normalized spacial score (nSPS) is 24.3. The molecule has 14 nitrogen and oxygen atoms in total. The van der Waals surface area contributed by atoms with Crippen LogP contribution in [0.1, 0.15) is 33.9 Å². The summed E-state index contributed by atoms with van der Waals surface area (Å²) in [4.78, 5) is 38.1. The van der Waals surface area contributed by atoms with E-state index in [9.17, 15) is 24.1 Å². The lowest BCUT2D eigenvalue weighted by Crippen LogP contribution is -2.43. The van der Waals surface area contributed by atoms with Crippen LogP contribution in [0, 0.1) is 0 Å². The first kappa shape index (κ1) is 31.3. The molecule has 0 saturated carbocycles. The molecule has 1 unspecified atom stereocenters. The van der Waals surface area contributed by atoms with Crippen molar-refractivity contribution in [2.45, 2.75) is 63.9 Å². The number of aliphatic hydroxyl groups excluding tert-OH is 1. The summed E-state index contributed by atoms with van der Waals surface area (Å²) in [7, 11) is -2.63. The summed E-state index contributed by atoms with van der Waals surface area (Å²) in [5.41, 5.74) is -2.70. The highest BCUT2D eigenvalue weighted by atomic mass is 31.2. The van der Waals surface area contributed by atoms with Crippen LogP contribution in [0.4, 0.5) is 4.39 Å². The van der Waals surface area contributed by atoms with Gasteiger partial charge < -0.3 is 19.1 Å². The predicted octanol–water partition coefficient (Wildman–Crippen LogP) is 2.06. The molecule has 3 N–H and O–H groups in total. The van der Waals surface area contributed by atoms with Gasteiger partial charge >= 0.3 is 19.4 Å². The van der Waals surface area contributed by atoms with Crippen molar-refractivity contribution in [1.82, 2.24) is 24.4 Å². The largest absolute Gasteiger partial charge is 0.462 e. The molecule has 1 saturated heterocycles. The molecule has 3 aromatic rings. The number of H-pyrrole nitrogens is 1. The first-order chi connectivity index (χ1) is 19.7. The summed E-state index contributed by atoms with van der Waals surface area (Å²) in [5, 5.41) is 17.5. The number of benzene rings is 1. The molecule has 1 aliphatic rings. The van der Waals surface area contributed by atoms with Gasteiger partial charge in [0, 0.05) is 31.1 Å². The number of rotatable bonds is 11. The third-order valence-electron chi connectivity index (χ3n) is 6.38. The van der Waals surface area contributed by atoms with Crippen molar-refractivity contribution in [2.24, 2.45) is 7.05 Å². The summed E-state index contributed by atoms with van der Waals surface area (Å²) in [6.45, 7) is 5.04. The zero-order valence-electron chi connectivity index (χ0n) is 23.6. The number of aromatic nitrogens is 4. The lowest BCUT2D eigenvalue weighted by atomic mass is 9.98. The SMILES string of the molecule is CC(C)OC(=O)[C@H](C)NP(=O)(OC[C@H]1O[C@@H](n2ccc(=O)[nH]c2=O)[C@](C)(F)[C@@H]1O)Oc1ccc(-c2ccn(C)n2)cc1. The molecule has 0 spiro atoms. The molecule has 1 aliphatic heterocycles. The smallest absolute Gasteiger partial charge is 0.459 e. The van der Waals surface area contributed by atoms with Gasteiger partial charge in [-0.3, -0.25) is 28.3 Å². The van der Waals surface area contributed by atoms with Crippen molar-refractivity contribution in [3.63, 3.8) is 0 Å². The number of aryl methyl sites for hydroxylation is 1. The van der Waals surface area contributed by atoms with E-state index < -0.39 is 67.8 Å². The topological polar surface area (TPSA) is 176 Å². The molecule has 6 atom stereocenters. The summed E-state index contributed by atoms with van der Waals surface area (Å²) in [6.07, 6.45) is -2.53. The van der Waals surface area contributed by atoms with E-state index in [1.54, 1.807) is 43.9 Å². The molecule has 2 aromatic heterocycles.